The molecule has 0 radical (unpaired) electrons. The first-order valence-electron chi connectivity index (χ1n) is 7.95. The quantitative estimate of drug-likeness (QED) is 0.764. The fraction of sp³-hybridized carbons (Fsp3) is 0.588. The van der Waals surface area contributed by atoms with Gasteiger partial charge in [-0.15, -0.1) is 0 Å². The van der Waals surface area contributed by atoms with Crippen molar-refractivity contribution >= 4 is 5.91 Å². The van der Waals surface area contributed by atoms with Crippen LogP contribution < -0.4 is 5.32 Å². The predicted molar refractivity (Wildman–Crippen MR) is 84.1 cm³/mol. The number of carbonyl (C=O) groups excluding carboxylic acids is 1. The van der Waals surface area contributed by atoms with Gasteiger partial charge in [-0.3, -0.25) is 9.69 Å². The third-order valence-corrected chi connectivity index (χ3v) is 4.12. The minimum atomic E-state index is 0.113. The molecule has 2 rings (SSSR count). The molecule has 1 unspecified atom stereocenters. The molecule has 1 fully saturated rings. The number of likely N-dealkylation sites (tertiary alicyclic amines) is 1. The van der Waals surface area contributed by atoms with Gasteiger partial charge in [0.15, 0.2) is 0 Å². The summed E-state index contributed by atoms with van der Waals surface area (Å²) in [7, 11) is 0. The Kier molecular flexibility index (Phi) is 6.70. The molecule has 1 aromatic rings. The average molecular weight is 290 g/mol. The van der Waals surface area contributed by atoms with Gasteiger partial charge in [0, 0.05) is 19.2 Å². The van der Waals surface area contributed by atoms with Crippen molar-refractivity contribution in [3.05, 3.63) is 35.9 Å². The Balaban J connectivity index is 1.66. The third kappa shape index (κ3) is 5.48. The van der Waals surface area contributed by atoms with Gasteiger partial charge < -0.3 is 10.4 Å². The summed E-state index contributed by atoms with van der Waals surface area (Å²) in [6.45, 7) is 2.43. The van der Waals surface area contributed by atoms with Crippen LogP contribution in [-0.4, -0.2) is 48.2 Å². The van der Waals surface area contributed by atoms with E-state index in [2.05, 4.69) is 22.3 Å². The molecule has 1 heterocycles. The van der Waals surface area contributed by atoms with E-state index in [4.69, 9.17) is 5.11 Å². The van der Waals surface area contributed by atoms with Crippen molar-refractivity contribution in [2.45, 2.75) is 38.1 Å². The van der Waals surface area contributed by atoms with E-state index in [-0.39, 0.29) is 12.5 Å². The monoisotopic (exact) mass is 290 g/mol. The second-order valence-electron chi connectivity index (χ2n) is 5.72. The number of benzene rings is 1. The Bertz CT molecular complexity index is 422. The van der Waals surface area contributed by atoms with Gasteiger partial charge in [0.25, 0.3) is 0 Å². The molecular formula is C17H26N2O2. The summed E-state index contributed by atoms with van der Waals surface area (Å²) in [5.74, 6) is 0.113. The molecule has 1 aliphatic rings. The second kappa shape index (κ2) is 8.80. The molecule has 21 heavy (non-hydrogen) atoms. The first-order valence-corrected chi connectivity index (χ1v) is 7.95. The van der Waals surface area contributed by atoms with E-state index < -0.39 is 0 Å². The number of carbonyl (C=O) groups is 1. The minimum Gasteiger partial charge on any atom is -0.396 e. The van der Waals surface area contributed by atoms with Crippen molar-refractivity contribution in [3.8, 4) is 0 Å². The van der Waals surface area contributed by atoms with Gasteiger partial charge in [0.1, 0.15) is 0 Å². The summed E-state index contributed by atoms with van der Waals surface area (Å²) in [6, 6.07) is 10.7. The molecule has 1 aromatic carbocycles. The molecule has 4 nitrogen and oxygen atoms in total. The van der Waals surface area contributed by atoms with Gasteiger partial charge in [0.2, 0.25) is 5.91 Å². The fourth-order valence-electron chi connectivity index (χ4n) is 2.99. The van der Waals surface area contributed by atoms with Crippen LogP contribution in [0.1, 0.15) is 31.2 Å². The maximum atomic E-state index is 12.0. The Labute approximate surface area is 127 Å². The Morgan fingerprint density at radius 1 is 1.33 bits per heavy atom. The van der Waals surface area contributed by atoms with Crippen LogP contribution in [0.5, 0.6) is 0 Å². The molecule has 116 valence electrons. The summed E-state index contributed by atoms with van der Waals surface area (Å²) < 4.78 is 0. The van der Waals surface area contributed by atoms with Crippen LogP contribution in [0.25, 0.3) is 0 Å². The van der Waals surface area contributed by atoms with Crippen molar-refractivity contribution in [2.24, 2.45) is 0 Å². The van der Waals surface area contributed by atoms with Crippen LogP contribution in [0.4, 0.5) is 0 Å². The van der Waals surface area contributed by atoms with E-state index in [1.807, 2.05) is 18.2 Å². The minimum absolute atomic E-state index is 0.113. The summed E-state index contributed by atoms with van der Waals surface area (Å²) in [6.07, 6.45) is 5.01. The molecular weight excluding hydrogens is 264 g/mol. The number of aliphatic hydroxyl groups excluding tert-OH is 1. The summed E-state index contributed by atoms with van der Waals surface area (Å²) >= 11 is 0. The molecule has 0 bridgehead atoms. The standard InChI is InChI=1S/C17H26N2O2/c20-13-5-9-16-8-4-12-19(16)14-17(21)18-11-10-15-6-2-1-3-7-15/h1-3,6-7,16,20H,4-5,8-14H2,(H,18,21). The highest BCUT2D eigenvalue weighted by Crippen LogP contribution is 2.20. The van der Waals surface area contributed by atoms with Crippen molar-refractivity contribution in [2.75, 3.05) is 26.2 Å². The molecule has 4 heteroatoms. The SMILES string of the molecule is O=C(CN1CCCC1CCCO)NCCc1ccccc1. The van der Waals surface area contributed by atoms with Gasteiger partial charge in [-0.2, -0.15) is 0 Å². The number of hydrogen-bond donors (Lipinski definition) is 2. The van der Waals surface area contributed by atoms with Crippen LogP contribution in [0.15, 0.2) is 30.3 Å². The lowest BCUT2D eigenvalue weighted by molar-refractivity contribution is -0.122. The molecule has 1 atom stereocenters. The van der Waals surface area contributed by atoms with Crippen LogP contribution in [0, 0.1) is 0 Å². The van der Waals surface area contributed by atoms with Crippen LogP contribution in [0.2, 0.25) is 0 Å². The van der Waals surface area contributed by atoms with Crippen molar-refractivity contribution in [1.82, 2.24) is 10.2 Å². The highest BCUT2D eigenvalue weighted by Gasteiger charge is 2.25. The zero-order chi connectivity index (χ0) is 14.9. The van der Waals surface area contributed by atoms with Crippen molar-refractivity contribution in [1.29, 1.82) is 0 Å². The first kappa shape index (κ1) is 16.0. The number of nitrogens with zero attached hydrogens (tertiary/aromatic N) is 1. The molecule has 1 saturated heterocycles. The smallest absolute Gasteiger partial charge is 0.234 e. The van der Waals surface area contributed by atoms with Gasteiger partial charge in [-0.05, 0) is 44.2 Å². The first-order chi connectivity index (χ1) is 10.3. The normalized spacial score (nSPS) is 18.8. The zero-order valence-corrected chi connectivity index (χ0v) is 12.6. The number of hydrogen-bond acceptors (Lipinski definition) is 3. The molecule has 1 amide bonds. The average Bonchev–Trinajstić information content (AvgIpc) is 2.93. The summed E-state index contributed by atoms with van der Waals surface area (Å²) in [4.78, 5) is 14.3. The highest BCUT2D eigenvalue weighted by molar-refractivity contribution is 5.78. The third-order valence-electron chi connectivity index (χ3n) is 4.12. The van der Waals surface area contributed by atoms with Crippen LogP contribution >= 0.6 is 0 Å². The van der Waals surface area contributed by atoms with Gasteiger partial charge in [0.05, 0.1) is 6.54 Å². The zero-order valence-electron chi connectivity index (χ0n) is 12.6. The maximum absolute atomic E-state index is 12.0. The number of nitrogens with one attached hydrogen (secondary N) is 1. The van der Waals surface area contributed by atoms with Gasteiger partial charge in [-0.25, -0.2) is 0 Å². The molecule has 0 spiro atoms. The number of aliphatic hydroxyl groups is 1. The van der Waals surface area contributed by atoms with E-state index in [1.165, 1.54) is 5.56 Å². The van der Waals surface area contributed by atoms with Gasteiger partial charge in [-0.1, -0.05) is 30.3 Å². The Hall–Kier alpha value is -1.39. The molecule has 0 saturated carbocycles. The van der Waals surface area contributed by atoms with Crippen molar-refractivity contribution in [3.63, 3.8) is 0 Å². The van der Waals surface area contributed by atoms with Crippen LogP contribution in [0.3, 0.4) is 0 Å². The van der Waals surface area contributed by atoms with Crippen LogP contribution in [-0.2, 0) is 11.2 Å². The van der Waals surface area contributed by atoms with E-state index in [0.29, 0.717) is 19.1 Å². The fourth-order valence-corrected chi connectivity index (χ4v) is 2.99. The molecule has 0 aliphatic carbocycles. The summed E-state index contributed by atoms with van der Waals surface area (Å²) in [5.41, 5.74) is 1.25. The largest absolute Gasteiger partial charge is 0.396 e. The predicted octanol–water partition coefficient (Wildman–Crippen LogP) is 1.58. The molecule has 2 N–H and O–H groups in total. The second-order valence-corrected chi connectivity index (χ2v) is 5.72. The lowest BCUT2D eigenvalue weighted by atomic mass is 10.1. The highest BCUT2D eigenvalue weighted by atomic mass is 16.3. The lowest BCUT2D eigenvalue weighted by Gasteiger charge is -2.23. The van der Waals surface area contributed by atoms with E-state index in [1.54, 1.807) is 0 Å². The topological polar surface area (TPSA) is 52.6 Å². The Morgan fingerprint density at radius 2 is 2.14 bits per heavy atom. The number of amides is 1. The van der Waals surface area contributed by atoms with Gasteiger partial charge >= 0.3 is 0 Å². The lowest BCUT2D eigenvalue weighted by Crippen LogP contribution is -2.40. The van der Waals surface area contributed by atoms with Crippen molar-refractivity contribution < 1.29 is 9.90 Å². The Morgan fingerprint density at radius 3 is 2.90 bits per heavy atom. The van der Waals surface area contributed by atoms with E-state index >= 15 is 0 Å². The molecule has 1 aliphatic heterocycles. The molecule has 0 aromatic heterocycles. The van der Waals surface area contributed by atoms with E-state index in [9.17, 15) is 4.79 Å². The summed E-state index contributed by atoms with van der Waals surface area (Å²) in [5, 5.41) is 11.9. The maximum Gasteiger partial charge on any atom is 0.234 e. The number of rotatable bonds is 8. The van der Waals surface area contributed by atoms with E-state index in [0.717, 1.165) is 38.6 Å².